The van der Waals surface area contributed by atoms with Gasteiger partial charge in [-0.15, -0.1) is 10.2 Å². The van der Waals surface area contributed by atoms with Crippen molar-refractivity contribution in [3.8, 4) is 11.5 Å². The second-order valence-electron chi connectivity index (χ2n) is 5.72. The standard InChI is InChI=1S/C18H16N6O2/c1-10-5-3-7-12-14(10)20-17-15(12)22-24-18(21-17)23-19-9-11-6-4-8-13(26-2)16(11)25/h3-9,25H,1-2H3,(H2,20,21,23,24)/b19-9-. The number of hydrogen-bond acceptors (Lipinski definition) is 7. The van der Waals surface area contributed by atoms with E-state index in [4.69, 9.17) is 4.74 Å². The van der Waals surface area contributed by atoms with Crippen molar-refractivity contribution in [2.24, 2.45) is 5.10 Å². The van der Waals surface area contributed by atoms with Crippen molar-refractivity contribution in [1.82, 2.24) is 20.2 Å². The van der Waals surface area contributed by atoms with E-state index in [2.05, 4.69) is 30.7 Å². The number of aromatic nitrogens is 4. The highest BCUT2D eigenvalue weighted by Crippen LogP contribution is 2.28. The molecule has 0 saturated carbocycles. The zero-order valence-electron chi connectivity index (χ0n) is 14.2. The predicted octanol–water partition coefficient (Wildman–Crippen LogP) is 2.97. The maximum atomic E-state index is 10.0. The number of aryl methyl sites for hydroxylation is 1. The maximum Gasteiger partial charge on any atom is 0.265 e. The van der Waals surface area contributed by atoms with Crippen molar-refractivity contribution in [3.05, 3.63) is 47.5 Å². The molecule has 8 nitrogen and oxygen atoms in total. The Hall–Kier alpha value is -3.68. The zero-order valence-corrected chi connectivity index (χ0v) is 14.2. The number of aromatic hydroxyl groups is 1. The van der Waals surface area contributed by atoms with E-state index in [1.54, 1.807) is 18.2 Å². The zero-order chi connectivity index (χ0) is 18.1. The van der Waals surface area contributed by atoms with Crippen LogP contribution in [-0.4, -0.2) is 38.6 Å². The van der Waals surface area contributed by atoms with Crippen LogP contribution in [0.4, 0.5) is 5.95 Å². The van der Waals surface area contributed by atoms with E-state index in [1.807, 2.05) is 25.1 Å². The number of phenols is 1. The summed E-state index contributed by atoms with van der Waals surface area (Å²) in [5, 5.41) is 23.4. The summed E-state index contributed by atoms with van der Waals surface area (Å²) in [4.78, 5) is 7.66. The van der Waals surface area contributed by atoms with Gasteiger partial charge < -0.3 is 14.8 Å². The lowest BCUT2D eigenvalue weighted by Crippen LogP contribution is -1.99. The van der Waals surface area contributed by atoms with Crippen molar-refractivity contribution < 1.29 is 9.84 Å². The van der Waals surface area contributed by atoms with Crippen LogP contribution in [0.25, 0.3) is 22.1 Å². The van der Waals surface area contributed by atoms with E-state index < -0.39 is 0 Å². The third kappa shape index (κ3) is 2.67. The second-order valence-corrected chi connectivity index (χ2v) is 5.72. The molecule has 26 heavy (non-hydrogen) atoms. The van der Waals surface area contributed by atoms with Crippen molar-refractivity contribution >= 4 is 34.2 Å². The fourth-order valence-corrected chi connectivity index (χ4v) is 2.76. The quantitative estimate of drug-likeness (QED) is 0.386. The average Bonchev–Trinajstić information content (AvgIpc) is 3.02. The fraction of sp³-hybridized carbons (Fsp3) is 0.111. The molecule has 4 rings (SSSR count). The smallest absolute Gasteiger partial charge is 0.265 e. The van der Waals surface area contributed by atoms with Gasteiger partial charge >= 0.3 is 0 Å². The number of phenolic OH excluding ortho intramolecular Hbond substituents is 1. The molecule has 0 bridgehead atoms. The van der Waals surface area contributed by atoms with Crippen LogP contribution < -0.4 is 10.2 Å². The molecule has 2 aromatic carbocycles. The molecule has 0 saturated heterocycles. The first kappa shape index (κ1) is 15.8. The summed E-state index contributed by atoms with van der Waals surface area (Å²) in [5.41, 5.74) is 6.68. The van der Waals surface area contributed by atoms with Gasteiger partial charge in [0, 0.05) is 10.9 Å². The third-order valence-electron chi connectivity index (χ3n) is 4.08. The summed E-state index contributed by atoms with van der Waals surface area (Å²) in [5.74, 6) is 0.642. The number of benzene rings is 2. The fourth-order valence-electron chi connectivity index (χ4n) is 2.76. The molecule has 0 spiro atoms. The molecule has 0 radical (unpaired) electrons. The number of aromatic amines is 1. The van der Waals surface area contributed by atoms with Gasteiger partial charge in [-0.05, 0) is 24.6 Å². The molecule has 0 aliphatic heterocycles. The average molecular weight is 348 g/mol. The molecular weight excluding hydrogens is 332 g/mol. The van der Waals surface area contributed by atoms with Crippen LogP contribution in [0.2, 0.25) is 0 Å². The minimum absolute atomic E-state index is 0.0149. The van der Waals surface area contributed by atoms with Gasteiger partial charge in [-0.2, -0.15) is 10.1 Å². The summed E-state index contributed by atoms with van der Waals surface area (Å²) in [7, 11) is 1.49. The van der Waals surface area contributed by atoms with Gasteiger partial charge in [0.15, 0.2) is 17.1 Å². The molecule has 4 aromatic rings. The van der Waals surface area contributed by atoms with Gasteiger partial charge in [-0.25, -0.2) is 5.43 Å². The Morgan fingerprint density at radius 1 is 1.19 bits per heavy atom. The van der Waals surface area contributed by atoms with E-state index in [0.717, 1.165) is 16.5 Å². The van der Waals surface area contributed by atoms with Gasteiger partial charge in [-0.1, -0.05) is 24.3 Å². The van der Waals surface area contributed by atoms with Crippen molar-refractivity contribution in [2.45, 2.75) is 6.92 Å². The van der Waals surface area contributed by atoms with E-state index in [0.29, 0.717) is 22.5 Å². The lowest BCUT2D eigenvalue weighted by atomic mass is 10.1. The molecule has 0 aliphatic carbocycles. The van der Waals surface area contributed by atoms with E-state index in [9.17, 15) is 5.11 Å². The Balaban J connectivity index is 1.62. The lowest BCUT2D eigenvalue weighted by molar-refractivity contribution is 0.373. The Morgan fingerprint density at radius 2 is 2.04 bits per heavy atom. The van der Waals surface area contributed by atoms with Crippen LogP contribution in [-0.2, 0) is 0 Å². The van der Waals surface area contributed by atoms with Crippen LogP contribution >= 0.6 is 0 Å². The summed E-state index contributed by atoms with van der Waals surface area (Å²) >= 11 is 0. The largest absolute Gasteiger partial charge is 0.504 e. The Labute approximate surface area is 148 Å². The second kappa shape index (κ2) is 6.32. The molecule has 3 N–H and O–H groups in total. The van der Waals surface area contributed by atoms with E-state index >= 15 is 0 Å². The normalized spacial score (nSPS) is 11.5. The molecule has 0 aliphatic rings. The number of nitrogens with one attached hydrogen (secondary N) is 2. The predicted molar refractivity (Wildman–Crippen MR) is 99.8 cm³/mol. The van der Waals surface area contributed by atoms with Gasteiger partial charge in [0.1, 0.15) is 5.52 Å². The summed E-state index contributed by atoms with van der Waals surface area (Å²) in [6.45, 7) is 2.02. The molecule has 130 valence electrons. The number of methoxy groups -OCH3 is 1. The van der Waals surface area contributed by atoms with Crippen molar-refractivity contribution in [3.63, 3.8) is 0 Å². The summed E-state index contributed by atoms with van der Waals surface area (Å²) in [6, 6.07) is 11.1. The number of ether oxygens (including phenoxy) is 1. The lowest BCUT2D eigenvalue weighted by Gasteiger charge is -2.04. The first-order valence-electron chi connectivity index (χ1n) is 7.94. The van der Waals surface area contributed by atoms with Crippen LogP contribution in [0.15, 0.2) is 41.5 Å². The number of anilines is 1. The van der Waals surface area contributed by atoms with Crippen LogP contribution in [0.1, 0.15) is 11.1 Å². The number of rotatable bonds is 4. The van der Waals surface area contributed by atoms with Crippen LogP contribution in [0.3, 0.4) is 0 Å². The van der Waals surface area contributed by atoms with Gasteiger partial charge in [-0.3, -0.25) is 0 Å². The molecular formula is C18H16N6O2. The minimum atomic E-state index is 0.0149. The highest BCUT2D eigenvalue weighted by Gasteiger charge is 2.10. The SMILES string of the molecule is COc1cccc(/C=N\Nc2nnc3c(n2)[nH]c2c(C)cccc23)c1O. The Morgan fingerprint density at radius 3 is 2.88 bits per heavy atom. The topological polar surface area (TPSA) is 108 Å². The number of fused-ring (bicyclic) bond motifs is 3. The molecule has 0 unspecified atom stereocenters. The monoisotopic (exact) mass is 348 g/mol. The number of hydrogen-bond donors (Lipinski definition) is 3. The van der Waals surface area contributed by atoms with Crippen molar-refractivity contribution in [2.75, 3.05) is 12.5 Å². The number of H-pyrrole nitrogens is 1. The van der Waals surface area contributed by atoms with Gasteiger partial charge in [0.05, 0.1) is 18.8 Å². The molecule has 2 aromatic heterocycles. The number of hydrazone groups is 1. The minimum Gasteiger partial charge on any atom is -0.504 e. The Bertz CT molecular complexity index is 1140. The van der Waals surface area contributed by atoms with E-state index in [1.165, 1.54) is 13.3 Å². The summed E-state index contributed by atoms with van der Waals surface area (Å²) in [6.07, 6.45) is 1.46. The van der Waals surface area contributed by atoms with Crippen LogP contribution in [0, 0.1) is 6.92 Å². The molecule has 0 atom stereocenters. The maximum absolute atomic E-state index is 10.0. The van der Waals surface area contributed by atoms with E-state index in [-0.39, 0.29) is 11.7 Å². The number of nitrogens with zero attached hydrogens (tertiary/aromatic N) is 4. The molecule has 2 heterocycles. The van der Waals surface area contributed by atoms with Crippen LogP contribution in [0.5, 0.6) is 11.5 Å². The Kier molecular flexibility index (Phi) is 3.85. The molecule has 8 heteroatoms. The highest BCUT2D eigenvalue weighted by molar-refractivity contribution is 6.04. The van der Waals surface area contributed by atoms with Gasteiger partial charge in [0.25, 0.3) is 5.95 Å². The molecule has 0 amide bonds. The third-order valence-corrected chi connectivity index (χ3v) is 4.08. The summed E-state index contributed by atoms with van der Waals surface area (Å²) < 4.78 is 5.07. The number of para-hydroxylation sites is 2. The highest BCUT2D eigenvalue weighted by atomic mass is 16.5. The van der Waals surface area contributed by atoms with Gasteiger partial charge in [0.2, 0.25) is 0 Å². The molecule has 0 fully saturated rings. The first-order valence-corrected chi connectivity index (χ1v) is 7.94. The van der Waals surface area contributed by atoms with Crippen molar-refractivity contribution in [1.29, 1.82) is 0 Å². The first-order chi connectivity index (χ1) is 12.7.